The highest BCUT2D eigenvalue weighted by Gasteiger charge is 2.42. The first-order valence-corrected chi connectivity index (χ1v) is 6.11. The maximum absolute atomic E-state index is 12.0. The fourth-order valence-electron chi connectivity index (χ4n) is 2.39. The van der Waals surface area contributed by atoms with E-state index in [2.05, 4.69) is 0 Å². The number of benzene rings is 1. The van der Waals surface area contributed by atoms with Gasteiger partial charge in [0.2, 0.25) is 0 Å². The molecule has 2 N–H and O–H groups in total. The quantitative estimate of drug-likeness (QED) is 0.496. The van der Waals surface area contributed by atoms with Gasteiger partial charge in [0.1, 0.15) is 5.75 Å². The van der Waals surface area contributed by atoms with E-state index in [0.717, 1.165) is 12.0 Å². The molecular formula is C14H15NO3. The van der Waals surface area contributed by atoms with Crippen LogP contribution in [0.3, 0.4) is 0 Å². The molecule has 94 valence electrons. The standard InChI is InChI=1S/C14H15NO3/c15-8-9-1-3-10(4-2-9)18-14(16)12-7-11-5-6-13(12)17-11/h1-6,11-13H,7-8,15H2. The molecule has 0 aromatic heterocycles. The van der Waals surface area contributed by atoms with Gasteiger partial charge in [-0.05, 0) is 24.1 Å². The van der Waals surface area contributed by atoms with Crippen LogP contribution in [0.5, 0.6) is 5.75 Å². The van der Waals surface area contributed by atoms with Crippen LogP contribution in [0.1, 0.15) is 12.0 Å². The highest BCUT2D eigenvalue weighted by atomic mass is 16.5. The Kier molecular flexibility index (Phi) is 2.89. The van der Waals surface area contributed by atoms with Gasteiger partial charge in [-0.2, -0.15) is 0 Å². The zero-order chi connectivity index (χ0) is 12.5. The smallest absolute Gasteiger partial charge is 0.317 e. The predicted octanol–water partition coefficient (Wildman–Crippen LogP) is 1.39. The van der Waals surface area contributed by atoms with Gasteiger partial charge in [0, 0.05) is 6.54 Å². The Balaban J connectivity index is 1.65. The second-order valence-corrected chi connectivity index (χ2v) is 4.64. The van der Waals surface area contributed by atoms with Crippen LogP contribution in [0.15, 0.2) is 36.4 Å². The number of hydrogen-bond donors (Lipinski definition) is 1. The van der Waals surface area contributed by atoms with Crippen molar-refractivity contribution in [2.75, 3.05) is 0 Å². The lowest BCUT2D eigenvalue weighted by atomic mass is 9.94. The molecule has 2 aliphatic heterocycles. The molecule has 0 aliphatic carbocycles. The summed E-state index contributed by atoms with van der Waals surface area (Å²) in [5, 5.41) is 0. The number of fused-ring (bicyclic) bond motifs is 2. The zero-order valence-corrected chi connectivity index (χ0v) is 9.91. The van der Waals surface area contributed by atoms with Crippen molar-refractivity contribution in [3.05, 3.63) is 42.0 Å². The van der Waals surface area contributed by atoms with Crippen molar-refractivity contribution >= 4 is 5.97 Å². The van der Waals surface area contributed by atoms with E-state index >= 15 is 0 Å². The number of esters is 1. The van der Waals surface area contributed by atoms with Gasteiger partial charge >= 0.3 is 5.97 Å². The molecular weight excluding hydrogens is 230 g/mol. The van der Waals surface area contributed by atoms with Crippen LogP contribution < -0.4 is 10.5 Å². The van der Waals surface area contributed by atoms with Crippen LogP contribution in [0.2, 0.25) is 0 Å². The normalized spacial score (nSPS) is 28.6. The summed E-state index contributed by atoms with van der Waals surface area (Å²) >= 11 is 0. The van der Waals surface area contributed by atoms with Crippen LogP contribution >= 0.6 is 0 Å². The second kappa shape index (κ2) is 4.55. The largest absolute Gasteiger partial charge is 0.426 e. The number of carbonyl (C=O) groups excluding carboxylic acids is 1. The average Bonchev–Trinajstić information content (AvgIpc) is 3.02. The van der Waals surface area contributed by atoms with Crippen molar-refractivity contribution in [2.45, 2.75) is 25.2 Å². The number of rotatable bonds is 3. The van der Waals surface area contributed by atoms with Crippen LogP contribution in [-0.2, 0) is 16.1 Å². The molecule has 2 bridgehead atoms. The van der Waals surface area contributed by atoms with E-state index in [1.807, 2.05) is 24.3 Å². The monoisotopic (exact) mass is 245 g/mol. The molecule has 4 nitrogen and oxygen atoms in total. The van der Waals surface area contributed by atoms with E-state index in [9.17, 15) is 4.79 Å². The summed E-state index contributed by atoms with van der Waals surface area (Å²) in [4.78, 5) is 12.0. The van der Waals surface area contributed by atoms with Crippen molar-refractivity contribution in [2.24, 2.45) is 11.7 Å². The number of hydrogen-bond acceptors (Lipinski definition) is 4. The summed E-state index contributed by atoms with van der Waals surface area (Å²) in [5.74, 6) is 0.172. The SMILES string of the molecule is NCc1ccc(OC(=O)C2CC3C=CC2O3)cc1. The average molecular weight is 245 g/mol. The fraction of sp³-hybridized carbons (Fsp3) is 0.357. The second-order valence-electron chi connectivity index (χ2n) is 4.64. The van der Waals surface area contributed by atoms with Gasteiger partial charge in [-0.15, -0.1) is 0 Å². The van der Waals surface area contributed by atoms with Crippen molar-refractivity contribution in [3.8, 4) is 5.75 Å². The lowest BCUT2D eigenvalue weighted by Gasteiger charge is -2.14. The molecule has 2 aliphatic rings. The third-order valence-corrected chi connectivity index (χ3v) is 3.41. The van der Waals surface area contributed by atoms with Crippen molar-refractivity contribution < 1.29 is 14.3 Å². The predicted molar refractivity (Wildman–Crippen MR) is 65.9 cm³/mol. The topological polar surface area (TPSA) is 61.5 Å². The lowest BCUT2D eigenvalue weighted by Crippen LogP contribution is -2.27. The van der Waals surface area contributed by atoms with Gasteiger partial charge in [-0.1, -0.05) is 24.3 Å². The number of nitrogens with two attached hydrogens (primary N) is 1. The Bertz CT molecular complexity index is 480. The van der Waals surface area contributed by atoms with Crippen LogP contribution in [0.4, 0.5) is 0 Å². The summed E-state index contributed by atoms with van der Waals surface area (Å²) in [5.41, 5.74) is 6.52. The highest BCUT2D eigenvalue weighted by Crippen LogP contribution is 2.34. The summed E-state index contributed by atoms with van der Waals surface area (Å²) in [7, 11) is 0. The van der Waals surface area contributed by atoms with E-state index in [4.69, 9.17) is 15.2 Å². The molecule has 0 radical (unpaired) electrons. The Morgan fingerprint density at radius 1 is 1.33 bits per heavy atom. The fourth-order valence-corrected chi connectivity index (χ4v) is 2.39. The Hall–Kier alpha value is -1.65. The number of ether oxygens (including phenoxy) is 2. The molecule has 0 spiro atoms. The van der Waals surface area contributed by atoms with Crippen molar-refractivity contribution in [3.63, 3.8) is 0 Å². The Morgan fingerprint density at radius 2 is 2.11 bits per heavy atom. The van der Waals surface area contributed by atoms with E-state index < -0.39 is 0 Å². The minimum atomic E-state index is -0.215. The minimum absolute atomic E-state index is 0.0900. The lowest BCUT2D eigenvalue weighted by molar-refractivity contribution is -0.139. The van der Waals surface area contributed by atoms with E-state index in [1.165, 1.54) is 0 Å². The Labute approximate surface area is 105 Å². The van der Waals surface area contributed by atoms with Crippen LogP contribution in [-0.4, -0.2) is 18.2 Å². The molecule has 2 heterocycles. The van der Waals surface area contributed by atoms with Gasteiger partial charge in [-0.25, -0.2) is 0 Å². The molecule has 0 saturated carbocycles. The van der Waals surface area contributed by atoms with Gasteiger partial charge < -0.3 is 15.2 Å². The van der Waals surface area contributed by atoms with Gasteiger partial charge in [-0.3, -0.25) is 4.79 Å². The maximum atomic E-state index is 12.0. The van der Waals surface area contributed by atoms with E-state index in [1.54, 1.807) is 12.1 Å². The first kappa shape index (κ1) is 11.4. The van der Waals surface area contributed by atoms with Crippen molar-refractivity contribution in [1.82, 2.24) is 0 Å². The summed E-state index contributed by atoms with van der Waals surface area (Å²) in [6.07, 6.45) is 4.65. The third-order valence-electron chi connectivity index (χ3n) is 3.41. The van der Waals surface area contributed by atoms with Crippen molar-refractivity contribution in [1.29, 1.82) is 0 Å². The maximum Gasteiger partial charge on any atom is 0.317 e. The zero-order valence-electron chi connectivity index (χ0n) is 9.91. The molecule has 1 aromatic rings. The summed E-state index contributed by atoms with van der Waals surface area (Å²) in [6, 6.07) is 7.26. The Morgan fingerprint density at radius 3 is 2.67 bits per heavy atom. The van der Waals surface area contributed by atoms with Crippen LogP contribution in [0.25, 0.3) is 0 Å². The molecule has 4 heteroatoms. The first-order chi connectivity index (χ1) is 8.76. The van der Waals surface area contributed by atoms with Gasteiger partial charge in [0.15, 0.2) is 0 Å². The van der Waals surface area contributed by atoms with E-state index in [0.29, 0.717) is 12.3 Å². The third kappa shape index (κ3) is 2.05. The minimum Gasteiger partial charge on any atom is -0.426 e. The number of carbonyl (C=O) groups is 1. The summed E-state index contributed by atoms with van der Waals surface area (Å²) < 4.78 is 10.9. The highest BCUT2D eigenvalue weighted by molar-refractivity contribution is 5.77. The molecule has 18 heavy (non-hydrogen) atoms. The van der Waals surface area contributed by atoms with Crippen LogP contribution in [0, 0.1) is 5.92 Å². The molecule has 3 atom stereocenters. The first-order valence-electron chi connectivity index (χ1n) is 6.11. The molecule has 1 fully saturated rings. The van der Waals surface area contributed by atoms with E-state index in [-0.39, 0.29) is 24.1 Å². The van der Waals surface area contributed by atoms with Gasteiger partial charge in [0.25, 0.3) is 0 Å². The summed E-state index contributed by atoms with van der Waals surface area (Å²) in [6.45, 7) is 0.485. The molecule has 3 rings (SSSR count). The van der Waals surface area contributed by atoms with Gasteiger partial charge in [0.05, 0.1) is 18.1 Å². The molecule has 1 saturated heterocycles. The molecule has 0 amide bonds. The molecule has 1 aromatic carbocycles. The molecule has 3 unspecified atom stereocenters.